The Labute approximate surface area is 138 Å². The van der Waals surface area contributed by atoms with E-state index >= 15 is 0 Å². The number of pyridine rings is 1. The van der Waals surface area contributed by atoms with Crippen LogP contribution in [0, 0.1) is 13.8 Å². The van der Waals surface area contributed by atoms with E-state index in [1.165, 1.54) is 11.8 Å². The van der Waals surface area contributed by atoms with E-state index in [2.05, 4.69) is 20.3 Å². The molecule has 0 spiro atoms. The second-order valence-corrected chi connectivity index (χ2v) is 6.09. The van der Waals surface area contributed by atoms with Crippen LogP contribution >= 0.6 is 11.8 Å². The fourth-order valence-electron chi connectivity index (χ4n) is 2.28. The second-order valence-electron chi connectivity index (χ2n) is 5.15. The Hall–Kier alpha value is -2.47. The highest BCUT2D eigenvalue weighted by Crippen LogP contribution is 2.21. The third-order valence-electron chi connectivity index (χ3n) is 3.20. The van der Waals surface area contributed by atoms with Crippen LogP contribution in [0.15, 0.2) is 47.8 Å². The van der Waals surface area contributed by atoms with Crippen LogP contribution in [-0.2, 0) is 4.79 Å². The first-order valence-electron chi connectivity index (χ1n) is 7.20. The molecule has 0 atom stereocenters. The van der Waals surface area contributed by atoms with Gasteiger partial charge >= 0.3 is 0 Å². The van der Waals surface area contributed by atoms with Crippen molar-refractivity contribution < 1.29 is 4.79 Å². The fraction of sp³-hybridized carbons (Fsp3) is 0.176. The zero-order valence-electron chi connectivity index (χ0n) is 12.9. The number of rotatable bonds is 4. The molecule has 2 aromatic heterocycles. The number of fused-ring (bicyclic) bond motifs is 1. The molecule has 1 amide bonds. The van der Waals surface area contributed by atoms with Crippen molar-refractivity contribution in [2.75, 3.05) is 11.1 Å². The van der Waals surface area contributed by atoms with Crippen molar-refractivity contribution in [3.05, 3.63) is 54.0 Å². The average Bonchev–Trinajstić information content (AvgIpc) is 2.52. The number of hydrogen-bond acceptors (Lipinski definition) is 5. The molecule has 0 aliphatic rings. The molecule has 0 aliphatic carbocycles. The van der Waals surface area contributed by atoms with Crippen molar-refractivity contribution in [2.24, 2.45) is 0 Å². The van der Waals surface area contributed by atoms with Crippen molar-refractivity contribution in [3.8, 4) is 0 Å². The molecular formula is C17H16N4OS. The van der Waals surface area contributed by atoms with Gasteiger partial charge in [0.25, 0.3) is 0 Å². The molecule has 1 aromatic carbocycles. The van der Waals surface area contributed by atoms with E-state index in [1.54, 1.807) is 6.20 Å². The van der Waals surface area contributed by atoms with Crippen LogP contribution in [0.1, 0.15) is 11.4 Å². The van der Waals surface area contributed by atoms with Crippen molar-refractivity contribution >= 4 is 34.3 Å². The maximum Gasteiger partial charge on any atom is 0.234 e. The number of carbonyl (C=O) groups is 1. The number of nitrogens with one attached hydrogen (secondary N) is 1. The maximum atomic E-state index is 12.2. The van der Waals surface area contributed by atoms with Gasteiger partial charge in [-0.25, -0.2) is 9.97 Å². The van der Waals surface area contributed by atoms with Crippen LogP contribution in [0.25, 0.3) is 10.9 Å². The molecule has 5 nitrogen and oxygen atoms in total. The molecule has 6 heteroatoms. The van der Waals surface area contributed by atoms with Gasteiger partial charge in [-0.1, -0.05) is 30.0 Å². The first-order chi connectivity index (χ1) is 11.1. The SMILES string of the molecule is Cc1cc(C)nc(SCC(=O)Nc2cccc3cccnc23)n1. The quantitative estimate of drug-likeness (QED) is 0.588. The predicted octanol–water partition coefficient (Wildman–Crippen LogP) is 3.37. The number of benzene rings is 1. The Balaban J connectivity index is 1.69. The molecule has 3 rings (SSSR count). The Kier molecular flexibility index (Phi) is 4.52. The topological polar surface area (TPSA) is 67.8 Å². The summed E-state index contributed by atoms with van der Waals surface area (Å²) in [5.74, 6) is 0.155. The molecule has 2 heterocycles. The molecule has 0 saturated carbocycles. The van der Waals surface area contributed by atoms with Crippen LogP contribution in [0.2, 0.25) is 0 Å². The Morgan fingerprint density at radius 2 is 1.87 bits per heavy atom. The van der Waals surface area contributed by atoms with E-state index in [-0.39, 0.29) is 11.7 Å². The zero-order valence-corrected chi connectivity index (χ0v) is 13.7. The van der Waals surface area contributed by atoms with Gasteiger partial charge in [0, 0.05) is 23.0 Å². The van der Waals surface area contributed by atoms with Crippen molar-refractivity contribution in [1.82, 2.24) is 15.0 Å². The van der Waals surface area contributed by atoms with Crippen molar-refractivity contribution in [2.45, 2.75) is 19.0 Å². The highest BCUT2D eigenvalue weighted by molar-refractivity contribution is 7.99. The van der Waals surface area contributed by atoms with Crippen molar-refractivity contribution in [1.29, 1.82) is 0 Å². The minimum atomic E-state index is -0.101. The molecule has 3 aromatic rings. The van der Waals surface area contributed by atoms with Gasteiger partial charge in [-0.15, -0.1) is 0 Å². The third kappa shape index (κ3) is 3.84. The van der Waals surface area contributed by atoms with Gasteiger partial charge in [-0.3, -0.25) is 9.78 Å². The molecule has 116 valence electrons. The number of nitrogens with zero attached hydrogens (tertiary/aromatic N) is 3. The van der Waals surface area contributed by atoms with Gasteiger partial charge in [0.15, 0.2) is 5.16 Å². The van der Waals surface area contributed by atoms with Gasteiger partial charge in [-0.05, 0) is 32.0 Å². The van der Waals surface area contributed by atoms with Crippen LogP contribution in [0.5, 0.6) is 0 Å². The van der Waals surface area contributed by atoms with E-state index in [1.807, 2.05) is 50.2 Å². The van der Waals surface area contributed by atoms with E-state index < -0.39 is 0 Å². The van der Waals surface area contributed by atoms with Crippen LogP contribution in [0.3, 0.4) is 0 Å². The zero-order chi connectivity index (χ0) is 16.2. The molecule has 1 N–H and O–H groups in total. The number of hydrogen-bond donors (Lipinski definition) is 1. The summed E-state index contributed by atoms with van der Waals surface area (Å²) in [5, 5.41) is 4.52. The molecule has 0 fully saturated rings. The number of thioether (sulfide) groups is 1. The van der Waals surface area contributed by atoms with E-state index in [0.717, 1.165) is 28.0 Å². The molecule has 0 saturated heterocycles. The molecule has 0 radical (unpaired) electrons. The Bertz CT molecular complexity index is 841. The van der Waals surface area contributed by atoms with Crippen molar-refractivity contribution in [3.63, 3.8) is 0 Å². The number of anilines is 1. The summed E-state index contributed by atoms with van der Waals surface area (Å²) < 4.78 is 0. The van der Waals surface area contributed by atoms with Crippen LogP contribution < -0.4 is 5.32 Å². The molecular weight excluding hydrogens is 308 g/mol. The summed E-state index contributed by atoms with van der Waals surface area (Å²) in [6, 6.07) is 11.5. The van der Waals surface area contributed by atoms with E-state index in [0.29, 0.717) is 5.16 Å². The third-order valence-corrected chi connectivity index (χ3v) is 4.05. The lowest BCUT2D eigenvalue weighted by atomic mass is 10.2. The smallest absolute Gasteiger partial charge is 0.234 e. The minimum Gasteiger partial charge on any atom is -0.323 e. The standard InChI is InChI=1S/C17H16N4OS/c1-11-9-12(2)20-17(19-11)23-10-15(22)21-14-7-3-5-13-6-4-8-18-16(13)14/h3-9H,10H2,1-2H3,(H,21,22). The lowest BCUT2D eigenvalue weighted by Gasteiger charge is -2.08. The number of aryl methyl sites for hydroxylation is 2. The van der Waals surface area contributed by atoms with E-state index in [4.69, 9.17) is 0 Å². The molecule has 0 aliphatic heterocycles. The normalized spacial score (nSPS) is 10.7. The van der Waals surface area contributed by atoms with E-state index in [9.17, 15) is 4.79 Å². The monoisotopic (exact) mass is 324 g/mol. The summed E-state index contributed by atoms with van der Waals surface area (Å²) in [4.78, 5) is 25.2. The summed E-state index contributed by atoms with van der Waals surface area (Å²) in [6.07, 6.45) is 1.72. The van der Waals surface area contributed by atoms with Gasteiger partial charge < -0.3 is 5.32 Å². The van der Waals surface area contributed by atoms with Crippen LogP contribution in [-0.4, -0.2) is 26.6 Å². The highest BCUT2D eigenvalue weighted by Gasteiger charge is 2.09. The van der Waals surface area contributed by atoms with Gasteiger partial charge in [0.1, 0.15) is 0 Å². The number of amides is 1. The second kappa shape index (κ2) is 6.75. The largest absolute Gasteiger partial charge is 0.323 e. The molecule has 23 heavy (non-hydrogen) atoms. The molecule has 0 unspecified atom stereocenters. The number of carbonyl (C=O) groups excluding carboxylic acids is 1. The maximum absolute atomic E-state index is 12.2. The summed E-state index contributed by atoms with van der Waals surface area (Å²) in [7, 11) is 0. The summed E-state index contributed by atoms with van der Waals surface area (Å²) in [5.41, 5.74) is 3.31. The summed E-state index contributed by atoms with van der Waals surface area (Å²) in [6.45, 7) is 3.83. The Morgan fingerprint density at radius 3 is 2.65 bits per heavy atom. The molecule has 0 bridgehead atoms. The van der Waals surface area contributed by atoms with Gasteiger partial charge in [0.2, 0.25) is 5.91 Å². The average molecular weight is 324 g/mol. The predicted molar refractivity (Wildman–Crippen MR) is 92.6 cm³/mol. The Morgan fingerprint density at radius 1 is 1.13 bits per heavy atom. The highest BCUT2D eigenvalue weighted by atomic mass is 32.2. The first kappa shape index (κ1) is 15.4. The van der Waals surface area contributed by atoms with Gasteiger partial charge in [0.05, 0.1) is 17.0 Å². The lowest BCUT2D eigenvalue weighted by Crippen LogP contribution is -2.14. The minimum absolute atomic E-state index is 0.101. The number of para-hydroxylation sites is 1. The van der Waals surface area contributed by atoms with Gasteiger partial charge in [-0.2, -0.15) is 0 Å². The lowest BCUT2D eigenvalue weighted by molar-refractivity contribution is -0.113. The van der Waals surface area contributed by atoms with Crippen LogP contribution in [0.4, 0.5) is 5.69 Å². The summed E-state index contributed by atoms with van der Waals surface area (Å²) >= 11 is 1.33. The number of aromatic nitrogens is 3. The fourth-order valence-corrected chi connectivity index (χ4v) is 3.03. The first-order valence-corrected chi connectivity index (χ1v) is 8.19.